The summed E-state index contributed by atoms with van der Waals surface area (Å²) in [5.74, 6) is -1.37. The van der Waals surface area contributed by atoms with Crippen molar-refractivity contribution in [2.75, 3.05) is 0 Å². The van der Waals surface area contributed by atoms with Crippen LogP contribution in [0.5, 0.6) is 0 Å². The SMILES string of the molecule is Cn1nnc(-c2ccc(C(=O)NCc3c(C(=O)O)n(-c4ccccc4)c4cc(Cl)ccc4c3=O)cc2)n1. The number of aromatic nitrogens is 5. The van der Waals surface area contributed by atoms with Crippen LogP contribution in [0.4, 0.5) is 0 Å². The minimum absolute atomic E-state index is 0.0556. The van der Waals surface area contributed by atoms with Gasteiger partial charge in [-0.05, 0) is 47.7 Å². The van der Waals surface area contributed by atoms with Gasteiger partial charge >= 0.3 is 5.97 Å². The third-order valence-electron chi connectivity index (χ3n) is 5.79. The van der Waals surface area contributed by atoms with Crippen LogP contribution in [0.25, 0.3) is 28.0 Å². The molecule has 0 bridgehead atoms. The minimum Gasteiger partial charge on any atom is -0.477 e. The van der Waals surface area contributed by atoms with Gasteiger partial charge in [-0.2, -0.15) is 4.80 Å². The van der Waals surface area contributed by atoms with Crippen molar-refractivity contribution in [2.24, 2.45) is 7.05 Å². The maximum atomic E-state index is 13.4. The number of halogens is 1. The van der Waals surface area contributed by atoms with Gasteiger partial charge in [0.2, 0.25) is 5.82 Å². The number of carbonyl (C=O) groups excluding carboxylic acids is 1. The molecule has 5 rings (SSSR count). The number of nitrogens with zero attached hydrogens (tertiary/aromatic N) is 5. The number of para-hydroxylation sites is 1. The highest BCUT2D eigenvalue weighted by molar-refractivity contribution is 6.31. The number of carboxylic acid groups (broad SMARTS) is 1. The van der Waals surface area contributed by atoms with Gasteiger partial charge in [0.25, 0.3) is 5.91 Å². The summed E-state index contributed by atoms with van der Waals surface area (Å²) in [6.07, 6.45) is 0. The molecule has 11 heteroatoms. The molecule has 37 heavy (non-hydrogen) atoms. The summed E-state index contributed by atoms with van der Waals surface area (Å²) in [4.78, 5) is 40.1. The summed E-state index contributed by atoms with van der Waals surface area (Å²) < 4.78 is 1.47. The number of hydrogen-bond acceptors (Lipinski definition) is 6. The fraction of sp³-hybridized carbons (Fsp3) is 0.0769. The second-order valence-electron chi connectivity index (χ2n) is 8.16. The molecule has 0 unspecified atom stereocenters. The second kappa shape index (κ2) is 9.67. The number of amides is 1. The van der Waals surface area contributed by atoms with E-state index in [0.717, 1.165) is 0 Å². The molecule has 0 aliphatic carbocycles. The summed E-state index contributed by atoms with van der Waals surface area (Å²) in [5, 5.41) is 25.3. The predicted octanol–water partition coefficient (Wildman–Crippen LogP) is 3.46. The van der Waals surface area contributed by atoms with Gasteiger partial charge in [-0.15, -0.1) is 10.2 Å². The van der Waals surface area contributed by atoms with E-state index in [4.69, 9.17) is 11.6 Å². The largest absolute Gasteiger partial charge is 0.477 e. The second-order valence-corrected chi connectivity index (χ2v) is 8.59. The molecular weight excluding hydrogens is 496 g/mol. The van der Waals surface area contributed by atoms with Crippen molar-refractivity contribution in [3.63, 3.8) is 0 Å². The van der Waals surface area contributed by atoms with E-state index in [1.807, 2.05) is 0 Å². The van der Waals surface area contributed by atoms with Gasteiger partial charge in [0, 0.05) is 33.8 Å². The van der Waals surface area contributed by atoms with Crippen LogP contribution in [0.2, 0.25) is 5.02 Å². The standard InChI is InChI=1S/C26H19ClN6O4/c1-32-30-24(29-31-32)15-7-9-16(10-8-15)25(35)28-14-20-22(26(36)37)33(18-5-3-2-4-6-18)21-13-17(27)11-12-19(21)23(20)34/h2-13H,14H2,1H3,(H,28,35)(H,36,37). The molecule has 0 fully saturated rings. The molecule has 0 saturated heterocycles. The Hall–Kier alpha value is -4.83. The van der Waals surface area contributed by atoms with Gasteiger partial charge in [-0.3, -0.25) is 9.59 Å². The molecule has 5 aromatic rings. The third-order valence-corrected chi connectivity index (χ3v) is 6.02. The molecule has 0 atom stereocenters. The normalized spacial score (nSPS) is 11.0. The van der Waals surface area contributed by atoms with E-state index < -0.39 is 17.3 Å². The van der Waals surface area contributed by atoms with E-state index in [-0.39, 0.29) is 23.2 Å². The van der Waals surface area contributed by atoms with Crippen LogP contribution in [0.3, 0.4) is 0 Å². The number of carbonyl (C=O) groups is 2. The van der Waals surface area contributed by atoms with Crippen LogP contribution in [0, 0.1) is 0 Å². The molecule has 3 aromatic carbocycles. The first-order valence-corrected chi connectivity index (χ1v) is 11.5. The van der Waals surface area contributed by atoms with E-state index in [2.05, 4.69) is 20.7 Å². The number of tetrazole rings is 1. The molecule has 2 heterocycles. The molecule has 0 aliphatic heterocycles. The molecule has 0 spiro atoms. The number of fused-ring (bicyclic) bond motifs is 1. The van der Waals surface area contributed by atoms with Gasteiger partial charge < -0.3 is 15.0 Å². The van der Waals surface area contributed by atoms with Crippen molar-refractivity contribution in [1.29, 1.82) is 0 Å². The molecule has 0 saturated carbocycles. The summed E-state index contributed by atoms with van der Waals surface area (Å²) in [6, 6.07) is 20.0. The highest BCUT2D eigenvalue weighted by atomic mass is 35.5. The summed E-state index contributed by atoms with van der Waals surface area (Å²) in [6.45, 7) is -0.293. The highest BCUT2D eigenvalue weighted by Crippen LogP contribution is 2.25. The van der Waals surface area contributed by atoms with E-state index in [0.29, 0.717) is 33.2 Å². The van der Waals surface area contributed by atoms with Gasteiger partial charge in [0.15, 0.2) is 5.43 Å². The summed E-state index contributed by atoms with van der Waals surface area (Å²) in [5.41, 5.74) is 1.07. The number of benzene rings is 3. The molecule has 2 N–H and O–H groups in total. The summed E-state index contributed by atoms with van der Waals surface area (Å²) in [7, 11) is 1.65. The predicted molar refractivity (Wildman–Crippen MR) is 137 cm³/mol. The zero-order chi connectivity index (χ0) is 26.1. The van der Waals surface area contributed by atoms with Crippen molar-refractivity contribution < 1.29 is 14.7 Å². The Morgan fingerprint density at radius 1 is 1.03 bits per heavy atom. The quantitative estimate of drug-likeness (QED) is 0.354. The average Bonchev–Trinajstić information content (AvgIpc) is 3.34. The molecule has 2 aromatic heterocycles. The van der Waals surface area contributed by atoms with Crippen molar-refractivity contribution in [1.82, 2.24) is 30.1 Å². The lowest BCUT2D eigenvalue weighted by molar-refractivity contribution is 0.0685. The van der Waals surface area contributed by atoms with Gasteiger partial charge in [0.1, 0.15) is 5.69 Å². The Labute approximate surface area is 214 Å². The van der Waals surface area contributed by atoms with Crippen LogP contribution >= 0.6 is 11.6 Å². The van der Waals surface area contributed by atoms with E-state index in [9.17, 15) is 19.5 Å². The number of hydrogen-bond donors (Lipinski definition) is 2. The van der Waals surface area contributed by atoms with Gasteiger partial charge in [-0.1, -0.05) is 41.9 Å². The number of aryl methyl sites for hydroxylation is 1. The number of nitrogens with one attached hydrogen (secondary N) is 1. The fourth-order valence-electron chi connectivity index (χ4n) is 4.08. The number of carboxylic acids is 1. The lowest BCUT2D eigenvalue weighted by Gasteiger charge is -2.19. The lowest BCUT2D eigenvalue weighted by Crippen LogP contribution is -2.30. The average molecular weight is 515 g/mol. The molecule has 1 amide bonds. The van der Waals surface area contributed by atoms with Crippen molar-refractivity contribution >= 4 is 34.4 Å². The highest BCUT2D eigenvalue weighted by Gasteiger charge is 2.24. The minimum atomic E-state index is -1.31. The number of pyridine rings is 1. The molecule has 10 nitrogen and oxygen atoms in total. The monoisotopic (exact) mass is 514 g/mol. The zero-order valence-electron chi connectivity index (χ0n) is 19.4. The zero-order valence-corrected chi connectivity index (χ0v) is 20.2. The van der Waals surface area contributed by atoms with E-state index in [1.54, 1.807) is 79.8 Å². The maximum absolute atomic E-state index is 13.4. The Morgan fingerprint density at radius 2 is 1.76 bits per heavy atom. The molecule has 184 valence electrons. The van der Waals surface area contributed by atoms with Crippen molar-refractivity contribution in [2.45, 2.75) is 6.54 Å². The molecule has 0 radical (unpaired) electrons. The number of rotatable bonds is 6. The van der Waals surface area contributed by atoms with Crippen molar-refractivity contribution in [3.05, 3.63) is 105 Å². The number of aromatic carboxylic acids is 1. The van der Waals surface area contributed by atoms with Crippen LogP contribution < -0.4 is 10.7 Å². The van der Waals surface area contributed by atoms with Gasteiger partial charge in [0.05, 0.1) is 18.1 Å². The lowest BCUT2D eigenvalue weighted by atomic mass is 10.1. The first kappa shape index (κ1) is 23.9. The van der Waals surface area contributed by atoms with E-state index >= 15 is 0 Å². The molecule has 0 aliphatic rings. The fourth-order valence-corrected chi connectivity index (χ4v) is 4.25. The Morgan fingerprint density at radius 3 is 2.41 bits per heavy atom. The first-order valence-electron chi connectivity index (χ1n) is 11.1. The molecular formula is C26H19ClN6O4. The van der Waals surface area contributed by atoms with Gasteiger partial charge in [-0.25, -0.2) is 4.79 Å². The van der Waals surface area contributed by atoms with Crippen molar-refractivity contribution in [3.8, 4) is 17.1 Å². The Kier molecular flexibility index (Phi) is 6.24. The van der Waals surface area contributed by atoms with Crippen LogP contribution in [0.1, 0.15) is 26.4 Å². The van der Waals surface area contributed by atoms with Crippen LogP contribution in [-0.4, -0.2) is 41.8 Å². The Bertz CT molecular complexity index is 1710. The first-order chi connectivity index (χ1) is 17.8. The third kappa shape index (κ3) is 4.57. The van der Waals surface area contributed by atoms with Crippen LogP contribution in [-0.2, 0) is 13.6 Å². The van der Waals surface area contributed by atoms with Crippen LogP contribution in [0.15, 0.2) is 77.6 Å². The summed E-state index contributed by atoms with van der Waals surface area (Å²) >= 11 is 6.19. The Balaban J connectivity index is 1.54. The smallest absolute Gasteiger partial charge is 0.353 e. The van der Waals surface area contributed by atoms with E-state index in [1.165, 1.54) is 9.36 Å². The maximum Gasteiger partial charge on any atom is 0.353 e. The topological polar surface area (TPSA) is 132 Å².